The highest BCUT2D eigenvalue weighted by Crippen LogP contribution is 2.22. The Hall–Kier alpha value is -2.90. The minimum absolute atomic E-state index is 0.0376. The molecule has 0 spiro atoms. The highest BCUT2D eigenvalue weighted by molar-refractivity contribution is 6.09. The van der Waals surface area contributed by atoms with Crippen LogP contribution in [0, 0.1) is 11.8 Å². The Bertz CT molecular complexity index is 630. The van der Waals surface area contributed by atoms with Gasteiger partial charge in [-0.05, 0) is 5.56 Å². The summed E-state index contributed by atoms with van der Waals surface area (Å²) in [5.74, 6) is -4.72. The van der Waals surface area contributed by atoms with Crippen LogP contribution in [0.5, 0.6) is 0 Å². The van der Waals surface area contributed by atoms with Gasteiger partial charge in [0.05, 0.1) is 14.2 Å². The minimum Gasteiger partial charge on any atom is -0.468 e. The number of hydrogen-bond donors (Lipinski definition) is 0. The van der Waals surface area contributed by atoms with Crippen molar-refractivity contribution in [2.45, 2.75) is 6.61 Å². The van der Waals surface area contributed by atoms with Gasteiger partial charge in [-0.1, -0.05) is 30.3 Å². The summed E-state index contributed by atoms with van der Waals surface area (Å²) in [7, 11) is 2.27. The fraction of sp³-hybridized carbons (Fsp3) is 0.412. The van der Waals surface area contributed by atoms with Crippen LogP contribution in [0.1, 0.15) is 5.56 Å². The number of benzene rings is 1. The number of hydrogen-bond acceptors (Lipinski definition) is 7. The van der Waals surface area contributed by atoms with E-state index in [2.05, 4.69) is 9.47 Å². The number of nitrogens with zero attached hydrogens (tertiary/aromatic N) is 1. The molecule has 0 saturated carbocycles. The zero-order valence-corrected chi connectivity index (χ0v) is 14.0. The summed E-state index contributed by atoms with van der Waals surface area (Å²) < 4.78 is 14.4. The number of carbonyl (C=O) groups excluding carboxylic acids is 4. The number of amides is 1. The topological polar surface area (TPSA) is 99.2 Å². The molecule has 134 valence electrons. The van der Waals surface area contributed by atoms with Gasteiger partial charge < -0.3 is 19.1 Å². The van der Waals surface area contributed by atoms with E-state index in [0.29, 0.717) is 0 Å². The molecule has 1 saturated heterocycles. The van der Waals surface area contributed by atoms with E-state index in [1.807, 2.05) is 18.2 Å². The van der Waals surface area contributed by atoms with Crippen LogP contribution in [0.15, 0.2) is 30.3 Å². The Morgan fingerprint density at radius 1 is 1.00 bits per heavy atom. The van der Waals surface area contributed by atoms with Crippen LogP contribution in [-0.4, -0.2) is 56.0 Å². The fourth-order valence-corrected chi connectivity index (χ4v) is 2.56. The second-order valence-corrected chi connectivity index (χ2v) is 5.50. The SMILES string of the molecule is COC(=O)C1CN(C(=O)OCc2ccccc2)CC(C(=O)OC)C1=O. The zero-order chi connectivity index (χ0) is 18.4. The van der Waals surface area contributed by atoms with Crippen LogP contribution in [0.2, 0.25) is 0 Å². The number of carbonyl (C=O) groups is 4. The minimum atomic E-state index is -1.24. The lowest BCUT2D eigenvalue weighted by molar-refractivity contribution is -0.159. The van der Waals surface area contributed by atoms with Gasteiger partial charge in [0, 0.05) is 13.1 Å². The standard InChI is InChI=1S/C17H19NO7/c1-23-15(20)12-8-18(9-13(14(12)19)16(21)24-2)17(22)25-10-11-6-4-3-5-7-11/h3-7,12-13H,8-10H2,1-2H3. The number of piperidine rings is 1. The first kappa shape index (κ1) is 18.4. The van der Waals surface area contributed by atoms with Crippen molar-refractivity contribution in [2.24, 2.45) is 11.8 Å². The van der Waals surface area contributed by atoms with Gasteiger partial charge in [-0.15, -0.1) is 0 Å². The van der Waals surface area contributed by atoms with Gasteiger partial charge in [0.2, 0.25) is 0 Å². The molecule has 1 aliphatic heterocycles. The first-order valence-electron chi connectivity index (χ1n) is 7.63. The molecular formula is C17H19NO7. The third-order valence-corrected chi connectivity index (χ3v) is 3.93. The molecule has 1 aromatic rings. The maximum Gasteiger partial charge on any atom is 0.410 e. The Labute approximate surface area is 144 Å². The average molecular weight is 349 g/mol. The molecule has 1 heterocycles. The van der Waals surface area contributed by atoms with Gasteiger partial charge >= 0.3 is 18.0 Å². The molecule has 2 unspecified atom stereocenters. The summed E-state index contributed by atoms with van der Waals surface area (Å²) in [6.45, 7) is -0.366. The van der Waals surface area contributed by atoms with E-state index in [1.165, 1.54) is 0 Å². The average Bonchev–Trinajstić information content (AvgIpc) is 2.65. The molecule has 0 radical (unpaired) electrons. The van der Waals surface area contributed by atoms with E-state index in [1.54, 1.807) is 12.1 Å². The second-order valence-electron chi connectivity index (χ2n) is 5.50. The summed E-state index contributed by atoms with van der Waals surface area (Å²) in [5.41, 5.74) is 0.790. The van der Waals surface area contributed by atoms with Gasteiger partial charge in [-0.25, -0.2) is 4.79 Å². The quantitative estimate of drug-likeness (QED) is 0.450. The molecule has 25 heavy (non-hydrogen) atoms. The lowest BCUT2D eigenvalue weighted by atomic mass is 9.88. The van der Waals surface area contributed by atoms with Gasteiger partial charge in [0.25, 0.3) is 0 Å². The van der Waals surface area contributed by atoms with Crippen LogP contribution in [0.4, 0.5) is 4.79 Å². The smallest absolute Gasteiger partial charge is 0.410 e. The van der Waals surface area contributed by atoms with Crippen molar-refractivity contribution in [3.8, 4) is 0 Å². The third-order valence-electron chi connectivity index (χ3n) is 3.93. The van der Waals surface area contributed by atoms with E-state index in [0.717, 1.165) is 24.7 Å². The van der Waals surface area contributed by atoms with E-state index < -0.39 is 35.7 Å². The third kappa shape index (κ3) is 4.34. The molecule has 8 nitrogen and oxygen atoms in total. The Balaban J connectivity index is 2.09. The number of esters is 2. The van der Waals surface area contributed by atoms with Gasteiger partial charge in [-0.3, -0.25) is 14.4 Å². The molecule has 0 aromatic heterocycles. The van der Waals surface area contributed by atoms with Crippen molar-refractivity contribution in [3.05, 3.63) is 35.9 Å². The summed E-state index contributed by atoms with van der Waals surface area (Å²) in [6.07, 6.45) is -0.723. The second kappa shape index (κ2) is 8.27. The van der Waals surface area contributed by atoms with Crippen LogP contribution in [0.3, 0.4) is 0 Å². The largest absolute Gasteiger partial charge is 0.468 e. The van der Waals surface area contributed by atoms with Crippen molar-refractivity contribution in [1.82, 2.24) is 4.90 Å². The zero-order valence-electron chi connectivity index (χ0n) is 14.0. The number of likely N-dealkylation sites (tertiary alicyclic amines) is 1. The van der Waals surface area contributed by atoms with Gasteiger partial charge in [0.15, 0.2) is 5.78 Å². The Kier molecular flexibility index (Phi) is 6.10. The highest BCUT2D eigenvalue weighted by Gasteiger charge is 2.45. The summed E-state index contributed by atoms with van der Waals surface area (Å²) in [5, 5.41) is 0. The molecule has 0 N–H and O–H groups in total. The van der Waals surface area contributed by atoms with Crippen LogP contribution >= 0.6 is 0 Å². The van der Waals surface area contributed by atoms with E-state index in [4.69, 9.17) is 4.74 Å². The maximum atomic E-state index is 12.3. The van der Waals surface area contributed by atoms with Crippen molar-refractivity contribution in [3.63, 3.8) is 0 Å². The Morgan fingerprint density at radius 2 is 1.52 bits per heavy atom. The number of rotatable bonds is 4. The lowest BCUT2D eigenvalue weighted by Gasteiger charge is -2.33. The molecule has 1 aromatic carbocycles. The van der Waals surface area contributed by atoms with Crippen molar-refractivity contribution in [2.75, 3.05) is 27.3 Å². The summed E-state index contributed by atoms with van der Waals surface area (Å²) in [6, 6.07) is 9.04. The molecule has 0 bridgehead atoms. The Morgan fingerprint density at radius 3 is 2.00 bits per heavy atom. The van der Waals surface area contributed by atoms with Gasteiger partial charge in [-0.2, -0.15) is 0 Å². The van der Waals surface area contributed by atoms with Crippen LogP contribution < -0.4 is 0 Å². The molecule has 1 aliphatic rings. The highest BCUT2D eigenvalue weighted by atomic mass is 16.6. The van der Waals surface area contributed by atoms with Crippen LogP contribution in [0.25, 0.3) is 0 Å². The molecular weight excluding hydrogens is 330 g/mol. The summed E-state index contributed by atoms with van der Waals surface area (Å²) in [4.78, 5) is 49.3. The van der Waals surface area contributed by atoms with E-state index >= 15 is 0 Å². The molecule has 1 fully saturated rings. The fourth-order valence-electron chi connectivity index (χ4n) is 2.56. The van der Waals surface area contributed by atoms with Crippen molar-refractivity contribution in [1.29, 1.82) is 0 Å². The maximum absolute atomic E-state index is 12.3. The predicted octanol–water partition coefficient (Wildman–Crippen LogP) is 0.786. The monoisotopic (exact) mass is 349 g/mol. The number of ketones is 1. The number of methoxy groups -OCH3 is 2. The van der Waals surface area contributed by atoms with Crippen molar-refractivity contribution < 1.29 is 33.4 Å². The lowest BCUT2D eigenvalue weighted by Crippen LogP contribution is -2.54. The molecule has 1 amide bonds. The van der Waals surface area contributed by atoms with Crippen LogP contribution in [-0.2, 0) is 35.2 Å². The normalized spacial score (nSPS) is 19.9. The predicted molar refractivity (Wildman–Crippen MR) is 84.2 cm³/mol. The molecule has 0 aliphatic carbocycles. The molecule has 2 atom stereocenters. The number of ether oxygens (including phenoxy) is 3. The molecule has 8 heteroatoms. The van der Waals surface area contributed by atoms with E-state index in [9.17, 15) is 19.2 Å². The molecule has 2 rings (SSSR count). The van der Waals surface area contributed by atoms with Crippen molar-refractivity contribution >= 4 is 23.8 Å². The first-order chi connectivity index (χ1) is 12.0. The van der Waals surface area contributed by atoms with Gasteiger partial charge in [0.1, 0.15) is 18.4 Å². The first-order valence-corrected chi connectivity index (χ1v) is 7.63. The van der Waals surface area contributed by atoms with E-state index in [-0.39, 0.29) is 19.7 Å². The number of Topliss-reactive ketones (excluding diaryl/α,β-unsaturated/α-hetero) is 1. The summed E-state index contributed by atoms with van der Waals surface area (Å²) >= 11 is 0.